The van der Waals surface area contributed by atoms with Gasteiger partial charge in [-0.15, -0.1) is 0 Å². The molecule has 126 valence electrons. The van der Waals surface area contributed by atoms with Gasteiger partial charge < -0.3 is 10.2 Å². The smallest absolute Gasteiger partial charge is 0.00499 e. The van der Waals surface area contributed by atoms with Crippen LogP contribution in [0.2, 0.25) is 0 Å². The molecule has 0 spiro atoms. The Labute approximate surface area is 134 Å². The highest BCUT2D eigenvalue weighted by atomic mass is 15.1. The highest BCUT2D eigenvalue weighted by Crippen LogP contribution is 2.39. The van der Waals surface area contributed by atoms with E-state index in [1.807, 2.05) is 0 Å². The number of nitrogens with zero attached hydrogens (tertiary/aromatic N) is 1. The fourth-order valence-electron chi connectivity index (χ4n) is 3.82. The molecule has 0 aromatic carbocycles. The van der Waals surface area contributed by atoms with Crippen LogP contribution < -0.4 is 5.32 Å². The molecule has 0 amide bonds. The predicted molar refractivity (Wildman–Crippen MR) is 94.8 cm³/mol. The molecule has 21 heavy (non-hydrogen) atoms. The predicted octanol–water partition coefficient (Wildman–Crippen LogP) is 4.69. The Balaban J connectivity index is 2.57. The number of nitrogens with one attached hydrogen (secondary N) is 1. The Morgan fingerprint density at radius 3 is 1.90 bits per heavy atom. The molecule has 1 aliphatic heterocycles. The summed E-state index contributed by atoms with van der Waals surface area (Å²) in [6.07, 6.45) is 8.10. The van der Waals surface area contributed by atoms with Gasteiger partial charge in [-0.05, 0) is 49.6 Å². The SMILES string of the molecule is CCC1(CC)CCN(CC(CC)(CC)CNC(C)C)CC1. The van der Waals surface area contributed by atoms with Gasteiger partial charge >= 0.3 is 0 Å². The zero-order chi connectivity index (χ0) is 15.9. The first-order chi connectivity index (χ1) is 9.94. The Morgan fingerprint density at radius 1 is 1.00 bits per heavy atom. The normalized spacial score (nSPS) is 20.1. The molecule has 0 aromatic rings. The number of rotatable bonds is 9. The van der Waals surface area contributed by atoms with Crippen LogP contribution in [0.25, 0.3) is 0 Å². The molecule has 1 aliphatic rings. The lowest BCUT2D eigenvalue weighted by Gasteiger charge is -2.45. The molecule has 0 saturated carbocycles. The average molecular weight is 297 g/mol. The first-order valence-corrected chi connectivity index (χ1v) is 9.40. The van der Waals surface area contributed by atoms with Crippen LogP contribution in [0.4, 0.5) is 0 Å². The largest absolute Gasteiger partial charge is 0.314 e. The molecule has 1 fully saturated rings. The van der Waals surface area contributed by atoms with E-state index in [1.54, 1.807) is 0 Å². The molecule has 0 bridgehead atoms. The first kappa shape index (κ1) is 19.0. The van der Waals surface area contributed by atoms with Gasteiger partial charge in [-0.2, -0.15) is 0 Å². The van der Waals surface area contributed by atoms with E-state index >= 15 is 0 Å². The van der Waals surface area contributed by atoms with Gasteiger partial charge in [0.05, 0.1) is 0 Å². The van der Waals surface area contributed by atoms with Crippen LogP contribution in [0.5, 0.6) is 0 Å². The van der Waals surface area contributed by atoms with Crippen molar-refractivity contribution in [3.8, 4) is 0 Å². The van der Waals surface area contributed by atoms with E-state index in [0.717, 1.165) is 0 Å². The van der Waals surface area contributed by atoms with E-state index in [4.69, 9.17) is 0 Å². The summed E-state index contributed by atoms with van der Waals surface area (Å²) in [4.78, 5) is 2.75. The van der Waals surface area contributed by atoms with Crippen molar-refractivity contribution in [2.24, 2.45) is 10.8 Å². The lowest BCUT2D eigenvalue weighted by Crippen LogP contribution is -2.48. The van der Waals surface area contributed by atoms with Gasteiger partial charge in [-0.25, -0.2) is 0 Å². The molecule has 1 saturated heterocycles. The minimum Gasteiger partial charge on any atom is -0.314 e. The van der Waals surface area contributed by atoms with Crippen LogP contribution >= 0.6 is 0 Å². The minimum atomic E-state index is 0.461. The fraction of sp³-hybridized carbons (Fsp3) is 1.00. The molecule has 2 nitrogen and oxygen atoms in total. The summed E-state index contributed by atoms with van der Waals surface area (Å²) in [5.74, 6) is 0. The van der Waals surface area contributed by atoms with Gasteiger partial charge in [-0.3, -0.25) is 0 Å². The molecule has 0 radical (unpaired) electrons. The van der Waals surface area contributed by atoms with Crippen LogP contribution in [-0.2, 0) is 0 Å². The van der Waals surface area contributed by atoms with Crippen molar-refractivity contribution in [2.45, 2.75) is 86.1 Å². The van der Waals surface area contributed by atoms with E-state index in [2.05, 4.69) is 51.8 Å². The summed E-state index contributed by atoms with van der Waals surface area (Å²) in [5.41, 5.74) is 1.11. The van der Waals surface area contributed by atoms with Gasteiger partial charge in [0.15, 0.2) is 0 Å². The third-order valence-corrected chi connectivity index (χ3v) is 6.36. The Bertz CT molecular complexity index is 267. The fourth-order valence-corrected chi connectivity index (χ4v) is 3.82. The molecule has 1 rings (SSSR count). The monoisotopic (exact) mass is 296 g/mol. The van der Waals surface area contributed by atoms with E-state index in [1.165, 1.54) is 64.7 Å². The number of hydrogen-bond acceptors (Lipinski definition) is 2. The third-order valence-electron chi connectivity index (χ3n) is 6.36. The van der Waals surface area contributed by atoms with E-state index < -0.39 is 0 Å². The van der Waals surface area contributed by atoms with Crippen molar-refractivity contribution in [1.82, 2.24) is 10.2 Å². The van der Waals surface area contributed by atoms with Crippen LogP contribution in [0.1, 0.15) is 80.1 Å². The van der Waals surface area contributed by atoms with Crippen molar-refractivity contribution in [1.29, 1.82) is 0 Å². The molecular weight excluding hydrogens is 256 g/mol. The number of likely N-dealkylation sites (tertiary alicyclic amines) is 1. The summed E-state index contributed by atoms with van der Waals surface area (Å²) in [6.45, 7) is 19.1. The maximum atomic E-state index is 3.69. The maximum absolute atomic E-state index is 3.69. The second-order valence-electron chi connectivity index (χ2n) is 7.73. The molecule has 0 aromatic heterocycles. The second kappa shape index (κ2) is 8.53. The minimum absolute atomic E-state index is 0.461. The van der Waals surface area contributed by atoms with Crippen molar-refractivity contribution < 1.29 is 0 Å². The Morgan fingerprint density at radius 2 is 1.52 bits per heavy atom. The highest BCUT2D eigenvalue weighted by Gasteiger charge is 2.35. The van der Waals surface area contributed by atoms with Crippen LogP contribution in [0.3, 0.4) is 0 Å². The number of hydrogen-bond donors (Lipinski definition) is 1. The van der Waals surface area contributed by atoms with Crippen molar-refractivity contribution >= 4 is 0 Å². The zero-order valence-corrected chi connectivity index (χ0v) is 15.6. The Kier molecular flexibility index (Phi) is 7.70. The van der Waals surface area contributed by atoms with Gasteiger partial charge in [0.2, 0.25) is 0 Å². The van der Waals surface area contributed by atoms with Crippen molar-refractivity contribution in [3.63, 3.8) is 0 Å². The summed E-state index contributed by atoms with van der Waals surface area (Å²) in [5, 5.41) is 3.69. The number of piperidine rings is 1. The molecule has 2 heteroatoms. The summed E-state index contributed by atoms with van der Waals surface area (Å²) in [6, 6.07) is 0.594. The quantitative estimate of drug-likeness (QED) is 0.664. The molecule has 0 atom stereocenters. The molecule has 0 unspecified atom stereocenters. The Hall–Kier alpha value is -0.0800. The van der Waals surface area contributed by atoms with Crippen LogP contribution in [0.15, 0.2) is 0 Å². The standard InChI is InChI=1S/C19H40N2/c1-7-18(8-2)11-13-21(14-12-18)16-19(9-3,10-4)15-20-17(5)6/h17,20H,7-16H2,1-6H3. The molecule has 1 heterocycles. The summed E-state index contributed by atoms with van der Waals surface area (Å²) in [7, 11) is 0. The molecule has 0 aliphatic carbocycles. The van der Waals surface area contributed by atoms with Gasteiger partial charge in [0, 0.05) is 19.1 Å². The average Bonchev–Trinajstić information content (AvgIpc) is 2.52. The lowest BCUT2D eigenvalue weighted by molar-refractivity contribution is 0.0550. The first-order valence-electron chi connectivity index (χ1n) is 9.40. The molecular formula is C19H40N2. The lowest BCUT2D eigenvalue weighted by atomic mass is 9.73. The van der Waals surface area contributed by atoms with Gasteiger partial charge in [0.1, 0.15) is 0 Å². The second-order valence-corrected chi connectivity index (χ2v) is 7.73. The van der Waals surface area contributed by atoms with E-state index in [0.29, 0.717) is 16.9 Å². The van der Waals surface area contributed by atoms with Crippen LogP contribution in [-0.4, -0.2) is 37.1 Å². The zero-order valence-electron chi connectivity index (χ0n) is 15.6. The van der Waals surface area contributed by atoms with Crippen molar-refractivity contribution in [3.05, 3.63) is 0 Å². The van der Waals surface area contributed by atoms with Gasteiger partial charge in [-0.1, -0.05) is 54.4 Å². The van der Waals surface area contributed by atoms with Gasteiger partial charge in [0.25, 0.3) is 0 Å². The summed E-state index contributed by atoms with van der Waals surface area (Å²) < 4.78 is 0. The maximum Gasteiger partial charge on any atom is 0.00499 e. The van der Waals surface area contributed by atoms with E-state index in [-0.39, 0.29) is 0 Å². The highest BCUT2D eigenvalue weighted by molar-refractivity contribution is 4.89. The topological polar surface area (TPSA) is 15.3 Å². The third kappa shape index (κ3) is 5.25. The van der Waals surface area contributed by atoms with Crippen molar-refractivity contribution in [2.75, 3.05) is 26.2 Å². The molecule has 1 N–H and O–H groups in total. The van der Waals surface area contributed by atoms with Crippen LogP contribution in [0, 0.1) is 10.8 Å². The van der Waals surface area contributed by atoms with E-state index in [9.17, 15) is 0 Å². The summed E-state index contributed by atoms with van der Waals surface area (Å²) >= 11 is 0.